The van der Waals surface area contributed by atoms with E-state index in [-0.39, 0.29) is 12.4 Å². The summed E-state index contributed by atoms with van der Waals surface area (Å²) in [6, 6.07) is 5.82. The van der Waals surface area contributed by atoms with Gasteiger partial charge in [-0.3, -0.25) is 0 Å². The van der Waals surface area contributed by atoms with E-state index in [2.05, 4.69) is 11.6 Å². The Balaban J connectivity index is 1.63. The van der Waals surface area contributed by atoms with Crippen molar-refractivity contribution < 1.29 is 14.2 Å². The summed E-state index contributed by atoms with van der Waals surface area (Å²) < 4.78 is 18.5. The van der Waals surface area contributed by atoms with Crippen molar-refractivity contribution in [2.75, 3.05) is 26.0 Å². The van der Waals surface area contributed by atoms with Crippen LogP contribution in [0.4, 0.5) is 4.39 Å². The van der Waals surface area contributed by atoms with Gasteiger partial charge in [-0.1, -0.05) is 6.42 Å². The Bertz CT molecular complexity index is 403. The summed E-state index contributed by atoms with van der Waals surface area (Å²) in [6.07, 6.45) is 5.40. The second-order valence-corrected chi connectivity index (χ2v) is 6.56. The standard InChI is InChI=1S/C15H22FNO2S/c1-20-15(7-2-8-15)11-17-9-13(18)10-19-14-5-3-12(16)4-6-14/h3-6,13,17-18H,2,7-11H2,1H3. The number of hydrogen-bond donors (Lipinski definition) is 2. The number of thioether (sulfide) groups is 1. The Morgan fingerprint density at radius 2 is 2.10 bits per heavy atom. The average Bonchev–Trinajstić information content (AvgIpc) is 2.41. The van der Waals surface area contributed by atoms with Gasteiger partial charge in [0.2, 0.25) is 0 Å². The Labute approximate surface area is 123 Å². The first-order valence-corrected chi connectivity index (χ1v) is 8.18. The van der Waals surface area contributed by atoms with Crippen molar-refractivity contribution in [3.05, 3.63) is 30.1 Å². The molecule has 0 heterocycles. The molecule has 2 N–H and O–H groups in total. The maximum atomic E-state index is 12.7. The number of nitrogens with one attached hydrogen (secondary N) is 1. The molecule has 3 nitrogen and oxygen atoms in total. The Kier molecular flexibility index (Phi) is 5.69. The van der Waals surface area contributed by atoms with Crippen molar-refractivity contribution in [1.29, 1.82) is 0 Å². The summed E-state index contributed by atoms with van der Waals surface area (Å²) in [5, 5.41) is 13.2. The van der Waals surface area contributed by atoms with E-state index in [4.69, 9.17) is 4.74 Å². The van der Waals surface area contributed by atoms with Crippen LogP contribution in [0, 0.1) is 5.82 Å². The van der Waals surface area contributed by atoms with Crippen LogP contribution in [0.1, 0.15) is 19.3 Å². The van der Waals surface area contributed by atoms with Gasteiger partial charge in [-0.05, 0) is 43.4 Å². The van der Waals surface area contributed by atoms with E-state index in [1.807, 2.05) is 11.8 Å². The van der Waals surface area contributed by atoms with Gasteiger partial charge in [0.25, 0.3) is 0 Å². The van der Waals surface area contributed by atoms with Gasteiger partial charge in [0.05, 0.1) is 0 Å². The number of rotatable bonds is 8. The maximum Gasteiger partial charge on any atom is 0.123 e. The zero-order valence-electron chi connectivity index (χ0n) is 11.8. The molecule has 1 saturated carbocycles. The average molecular weight is 299 g/mol. The SMILES string of the molecule is CSC1(CNCC(O)COc2ccc(F)cc2)CCC1. The van der Waals surface area contributed by atoms with Crippen molar-refractivity contribution in [2.24, 2.45) is 0 Å². The Morgan fingerprint density at radius 1 is 1.40 bits per heavy atom. The van der Waals surface area contributed by atoms with E-state index in [0.717, 1.165) is 6.54 Å². The van der Waals surface area contributed by atoms with Crippen LogP contribution in [0.25, 0.3) is 0 Å². The fourth-order valence-corrected chi connectivity index (χ4v) is 3.22. The van der Waals surface area contributed by atoms with Gasteiger partial charge in [-0.15, -0.1) is 0 Å². The van der Waals surface area contributed by atoms with Crippen molar-refractivity contribution in [2.45, 2.75) is 30.1 Å². The van der Waals surface area contributed by atoms with Gasteiger partial charge < -0.3 is 15.2 Å². The van der Waals surface area contributed by atoms with E-state index in [0.29, 0.717) is 17.0 Å². The van der Waals surface area contributed by atoms with E-state index >= 15 is 0 Å². The summed E-state index contributed by atoms with van der Waals surface area (Å²) >= 11 is 1.91. The van der Waals surface area contributed by atoms with Gasteiger partial charge in [0.1, 0.15) is 24.3 Å². The maximum absolute atomic E-state index is 12.7. The largest absolute Gasteiger partial charge is 0.491 e. The monoisotopic (exact) mass is 299 g/mol. The zero-order chi connectivity index (χ0) is 14.4. The van der Waals surface area contributed by atoms with Crippen LogP contribution < -0.4 is 10.1 Å². The number of aliphatic hydroxyl groups is 1. The first kappa shape index (κ1) is 15.6. The van der Waals surface area contributed by atoms with Crippen molar-refractivity contribution in [3.63, 3.8) is 0 Å². The third kappa shape index (κ3) is 4.36. The summed E-state index contributed by atoms with van der Waals surface area (Å²) in [5.41, 5.74) is 0. The highest BCUT2D eigenvalue weighted by Gasteiger charge is 2.35. The molecule has 1 aromatic carbocycles. The topological polar surface area (TPSA) is 41.5 Å². The number of ether oxygens (including phenoxy) is 1. The van der Waals surface area contributed by atoms with Crippen LogP contribution >= 0.6 is 11.8 Å². The number of halogens is 1. The summed E-state index contributed by atoms with van der Waals surface area (Å²) in [4.78, 5) is 0. The molecule has 0 spiro atoms. The molecule has 1 atom stereocenters. The number of benzene rings is 1. The molecular formula is C15H22FNO2S. The molecule has 20 heavy (non-hydrogen) atoms. The lowest BCUT2D eigenvalue weighted by Crippen LogP contribution is -2.45. The fraction of sp³-hybridized carbons (Fsp3) is 0.600. The molecule has 0 aliphatic heterocycles. The molecule has 1 fully saturated rings. The lowest BCUT2D eigenvalue weighted by Gasteiger charge is -2.40. The smallest absolute Gasteiger partial charge is 0.123 e. The highest BCUT2D eigenvalue weighted by atomic mass is 32.2. The zero-order valence-corrected chi connectivity index (χ0v) is 12.6. The van der Waals surface area contributed by atoms with Gasteiger partial charge in [0, 0.05) is 17.8 Å². The molecule has 1 aliphatic rings. The highest BCUT2D eigenvalue weighted by molar-refractivity contribution is 8.00. The predicted molar refractivity (Wildman–Crippen MR) is 80.9 cm³/mol. The van der Waals surface area contributed by atoms with E-state index in [1.54, 1.807) is 12.1 Å². The molecular weight excluding hydrogens is 277 g/mol. The summed E-state index contributed by atoms with van der Waals surface area (Å²) in [7, 11) is 0. The first-order valence-electron chi connectivity index (χ1n) is 6.96. The summed E-state index contributed by atoms with van der Waals surface area (Å²) in [5.74, 6) is 0.285. The predicted octanol–water partition coefficient (Wildman–Crippen LogP) is 2.44. The van der Waals surface area contributed by atoms with E-state index in [1.165, 1.54) is 31.4 Å². The minimum atomic E-state index is -0.556. The van der Waals surface area contributed by atoms with Crippen molar-refractivity contribution in [3.8, 4) is 5.75 Å². The quantitative estimate of drug-likeness (QED) is 0.773. The highest BCUT2D eigenvalue weighted by Crippen LogP contribution is 2.42. The number of hydrogen-bond acceptors (Lipinski definition) is 4. The fourth-order valence-electron chi connectivity index (χ4n) is 2.27. The molecule has 1 unspecified atom stereocenters. The minimum absolute atomic E-state index is 0.213. The lowest BCUT2D eigenvalue weighted by atomic mass is 9.84. The molecule has 0 amide bonds. The normalized spacial score (nSPS) is 18.4. The molecule has 0 saturated heterocycles. The van der Waals surface area contributed by atoms with Crippen molar-refractivity contribution in [1.82, 2.24) is 5.32 Å². The third-order valence-corrected chi connectivity index (χ3v) is 5.20. The second-order valence-electron chi connectivity index (χ2n) is 5.29. The van der Waals surface area contributed by atoms with Crippen LogP contribution in [0.2, 0.25) is 0 Å². The van der Waals surface area contributed by atoms with Gasteiger partial charge in [0.15, 0.2) is 0 Å². The second kappa shape index (κ2) is 7.29. The van der Waals surface area contributed by atoms with Crippen LogP contribution in [-0.4, -0.2) is 41.9 Å². The molecule has 112 valence electrons. The first-order chi connectivity index (χ1) is 9.63. The Morgan fingerprint density at radius 3 is 2.65 bits per heavy atom. The molecule has 0 bridgehead atoms. The van der Waals surface area contributed by atoms with Gasteiger partial charge in [-0.25, -0.2) is 4.39 Å². The minimum Gasteiger partial charge on any atom is -0.491 e. The van der Waals surface area contributed by atoms with Crippen LogP contribution in [0.3, 0.4) is 0 Å². The van der Waals surface area contributed by atoms with Crippen LogP contribution in [-0.2, 0) is 0 Å². The van der Waals surface area contributed by atoms with E-state index < -0.39 is 6.10 Å². The van der Waals surface area contributed by atoms with Crippen LogP contribution in [0.5, 0.6) is 5.75 Å². The molecule has 5 heteroatoms. The summed E-state index contributed by atoms with van der Waals surface area (Å²) in [6.45, 7) is 1.66. The van der Waals surface area contributed by atoms with Crippen molar-refractivity contribution >= 4 is 11.8 Å². The van der Waals surface area contributed by atoms with Crippen LogP contribution in [0.15, 0.2) is 24.3 Å². The molecule has 1 aliphatic carbocycles. The molecule has 2 rings (SSSR count). The van der Waals surface area contributed by atoms with E-state index in [9.17, 15) is 9.50 Å². The number of aliphatic hydroxyl groups excluding tert-OH is 1. The molecule has 1 aromatic rings. The molecule has 0 aromatic heterocycles. The van der Waals surface area contributed by atoms with Gasteiger partial charge in [-0.2, -0.15) is 11.8 Å². The van der Waals surface area contributed by atoms with Gasteiger partial charge >= 0.3 is 0 Å². The third-order valence-electron chi connectivity index (χ3n) is 3.78. The lowest BCUT2D eigenvalue weighted by molar-refractivity contribution is 0.105. The molecule has 0 radical (unpaired) electrons. The Hall–Kier alpha value is -0.780.